The van der Waals surface area contributed by atoms with Crippen LogP contribution in [0.4, 0.5) is 0 Å². The molecule has 0 saturated heterocycles. The molecule has 1 aromatic carbocycles. The zero-order valence-electron chi connectivity index (χ0n) is 14.6. The first-order valence-corrected chi connectivity index (χ1v) is 8.36. The van der Waals surface area contributed by atoms with E-state index < -0.39 is 23.3 Å². The van der Waals surface area contributed by atoms with E-state index in [0.29, 0.717) is 17.0 Å². The summed E-state index contributed by atoms with van der Waals surface area (Å²) in [5.74, 6) is -3.30. The average molecular weight is 381 g/mol. The Bertz CT molecular complexity index is 737. The molecular formula is C19H21ClO6. The molecule has 0 heterocycles. The van der Waals surface area contributed by atoms with Crippen LogP contribution in [0.25, 0.3) is 0 Å². The third-order valence-electron chi connectivity index (χ3n) is 4.43. The van der Waals surface area contributed by atoms with Crippen LogP contribution in [-0.4, -0.2) is 42.7 Å². The van der Waals surface area contributed by atoms with Crippen LogP contribution in [0, 0.1) is 11.3 Å². The first kappa shape index (κ1) is 20.2. The molecule has 1 aromatic rings. The number of aliphatic carboxylic acids is 2. The molecule has 140 valence electrons. The highest BCUT2D eigenvalue weighted by atomic mass is 35.5. The van der Waals surface area contributed by atoms with Crippen LogP contribution in [0.1, 0.15) is 12.5 Å². The highest BCUT2D eigenvalue weighted by molar-refractivity contribution is 6.30. The van der Waals surface area contributed by atoms with Crippen molar-refractivity contribution >= 4 is 23.5 Å². The Hall–Kier alpha value is -2.15. The molecule has 0 fully saturated rings. The lowest BCUT2D eigenvalue weighted by molar-refractivity contribution is -0.147. The molecule has 0 spiro atoms. The number of carbonyl (C=O) groups is 2. The van der Waals surface area contributed by atoms with Gasteiger partial charge in [-0.2, -0.15) is 0 Å². The first-order chi connectivity index (χ1) is 12.3. The van der Waals surface area contributed by atoms with E-state index in [1.165, 1.54) is 13.2 Å². The van der Waals surface area contributed by atoms with Gasteiger partial charge < -0.3 is 19.7 Å². The zero-order chi connectivity index (χ0) is 19.3. The highest BCUT2D eigenvalue weighted by Crippen LogP contribution is 2.42. The van der Waals surface area contributed by atoms with E-state index in [0.717, 1.165) is 5.56 Å². The molecule has 2 atom stereocenters. The van der Waals surface area contributed by atoms with E-state index in [2.05, 4.69) is 0 Å². The van der Waals surface area contributed by atoms with Crippen LogP contribution in [-0.2, 0) is 25.5 Å². The van der Waals surface area contributed by atoms with Gasteiger partial charge in [0, 0.05) is 23.1 Å². The highest BCUT2D eigenvalue weighted by Gasteiger charge is 2.46. The molecule has 7 heteroatoms. The Kier molecular flexibility index (Phi) is 6.58. The van der Waals surface area contributed by atoms with Gasteiger partial charge in [0.2, 0.25) is 0 Å². The number of benzene rings is 1. The third-order valence-corrected chi connectivity index (χ3v) is 4.69. The van der Waals surface area contributed by atoms with Crippen molar-refractivity contribution in [3.8, 4) is 0 Å². The maximum atomic E-state index is 11.8. The maximum absolute atomic E-state index is 11.8. The minimum atomic E-state index is -1.21. The topological polar surface area (TPSA) is 93.1 Å². The van der Waals surface area contributed by atoms with Gasteiger partial charge in [-0.3, -0.25) is 4.79 Å². The second-order valence-corrected chi connectivity index (χ2v) is 6.83. The van der Waals surface area contributed by atoms with Gasteiger partial charge in [-0.05, 0) is 35.8 Å². The largest absolute Gasteiger partial charge is 0.481 e. The Morgan fingerprint density at radius 1 is 1.23 bits per heavy atom. The lowest BCUT2D eigenvalue weighted by Gasteiger charge is -2.37. The minimum absolute atomic E-state index is 0.00691. The van der Waals surface area contributed by atoms with Crippen molar-refractivity contribution in [1.29, 1.82) is 0 Å². The predicted molar refractivity (Wildman–Crippen MR) is 96.0 cm³/mol. The number of rotatable bonds is 8. The average Bonchev–Trinajstić information content (AvgIpc) is 2.58. The number of carboxylic acid groups (broad SMARTS) is 2. The van der Waals surface area contributed by atoms with Crippen molar-refractivity contribution in [2.45, 2.75) is 13.3 Å². The summed E-state index contributed by atoms with van der Waals surface area (Å²) in [7, 11) is 1.44. The molecule has 6 nitrogen and oxygen atoms in total. The first-order valence-electron chi connectivity index (χ1n) is 7.98. The van der Waals surface area contributed by atoms with Crippen molar-refractivity contribution in [3.05, 3.63) is 58.1 Å². The Labute approximate surface area is 156 Å². The lowest BCUT2D eigenvalue weighted by Crippen LogP contribution is -2.42. The summed E-state index contributed by atoms with van der Waals surface area (Å²) in [6.45, 7) is 1.45. The molecule has 2 N–H and O–H groups in total. The molecule has 1 aliphatic carbocycles. The molecule has 0 saturated carbocycles. The summed E-state index contributed by atoms with van der Waals surface area (Å²) in [4.78, 5) is 23.7. The molecule has 0 amide bonds. The zero-order valence-corrected chi connectivity index (χ0v) is 15.3. The molecule has 0 bridgehead atoms. The molecule has 2 unspecified atom stereocenters. The number of hydrogen-bond acceptors (Lipinski definition) is 4. The van der Waals surface area contributed by atoms with Crippen molar-refractivity contribution in [2.24, 2.45) is 11.3 Å². The van der Waals surface area contributed by atoms with E-state index in [4.69, 9.17) is 21.1 Å². The van der Waals surface area contributed by atoms with E-state index >= 15 is 0 Å². The molecule has 1 aliphatic rings. The molecular weight excluding hydrogens is 360 g/mol. The van der Waals surface area contributed by atoms with Gasteiger partial charge in [0.05, 0.1) is 12.5 Å². The second-order valence-electron chi connectivity index (χ2n) is 6.40. The summed E-state index contributed by atoms with van der Waals surface area (Å²) in [6.07, 6.45) is 3.54. The summed E-state index contributed by atoms with van der Waals surface area (Å²) in [5, 5.41) is 19.9. The Morgan fingerprint density at radius 2 is 1.88 bits per heavy atom. The number of allylic oxidation sites excluding steroid dienone is 2. The van der Waals surface area contributed by atoms with Gasteiger partial charge in [0.15, 0.2) is 0 Å². The van der Waals surface area contributed by atoms with E-state index in [9.17, 15) is 19.8 Å². The predicted octanol–water partition coefficient (Wildman–Crippen LogP) is 3.16. The molecule has 0 aromatic heterocycles. The number of hydrogen-bond donors (Lipinski definition) is 2. The molecule has 2 rings (SSSR count). The number of carboxylic acids is 2. The van der Waals surface area contributed by atoms with Gasteiger partial charge in [-0.1, -0.05) is 36.7 Å². The minimum Gasteiger partial charge on any atom is -0.481 e. The van der Waals surface area contributed by atoms with Crippen LogP contribution in [0.3, 0.4) is 0 Å². The maximum Gasteiger partial charge on any atom is 0.332 e. The number of halogens is 1. The molecule has 0 radical (unpaired) electrons. The van der Waals surface area contributed by atoms with Crippen molar-refractivity contribution in [2.75, 3.05) is 20.5 Å². The fraction of sp³-hybridized carbons (Fsp3) is 0.368. The Balaban J connectivity index is 2.37. The fourth-order valence-corrected chi connectivity index (χ4v) is 3.19. The SMILES string of the molecule is COCOCC1(C)C(C(=O)O)=CC(Cc2ccc(Cl)cc2)=CC1C(=O)O. The number of methoxy groups -OCH3 is 1. The summed E-state index contributed by atoms with van der Waals surface area (Å²) >= 11 is 5.88. The smallest absolute Gasteiger partial charge is 0.332 e. The van der Waals surface area contributed by atoms with Gasteiger partial charge in [0.1, 0.15) is 6.79 Å². The fourth-order valence-electron chi connectivity index (χ4n) is 3.07. The van der Waals surface area contributed by atoms with Gasteiger partial charge in [0.25, 0.3) is 0 Å². The van der Waals surface area contributed by atoms with Crippen molar-refractivity contribution in [1.82, 2.24) is 0 Å². The van der Waals surface area contributed by atoms with Gasteiger partial charge in [-0.25, -0.2) is 4.79 Å². The lowest BCUT2D eigenvalue weighted by atomic mass is 9.67. The third kappa shape index (κ3) is 4.52. The van der Waals surface area contributed by atoms with Gasteiger partial charge >= 0.3 is 11.9 Å². The van der Waals surface area contributed by atoms with Crippen LogP contribution in [0.2, 0.25) is 5.02 Å². The van der Waals surface area contributed by atoms with Crippen LogP contribution < -0.4 is 0 Å². The van der Waals surface area contributed by atoms with Gasteiger partial charge in [-0.15, -0.1) is 0 Å². The standard InChI is InChI=1S/C19H21ClO6/c1-19(10-26-11-25-2)15(17(21)22)8-13(9-16(19)18(23)24)7-12-3-5-14(20)6-4-12/h3-6,8-9,15H,7,10-11H2,1-2H3,(H,21,22)(H,23,24). The number of ether oxygens (including phenoxy) is 2. The Morgan fingerprint density at radius 3 is 2.42 bits per heavy atom. The summed E-state index contributed by atoms with van der Waals surface area (Å²) in [6, 6.07) is 7.12. The monoisotopic (exact) mass is 380 g/mol. The quantitative estimate of drug-likeness (QED) is 0.531. The normalized spacial score (nSPS) is 22.5. The van der Waals surface area contributed by atoms with Crippen molar-refractivity contribution < 1.29 is 29.3 Å². The molecule has 26 heavy (non-hydrogen) atoms. The van der Waals surface area contributed by atoms with E-state index in [1.807, 2.05) is 12.1 Å². The van der Waals surface area contributed by atoms with E-state index in [1.54, 1.807) is 25.1 Å². The summed E-state index contributed by atoms with van der Waals surface area (Å²) in [5.41, 5.74) is 0.332. The van der Waals surface area contributed by atoms with Crippen LogP contribution in [0.15, 0.2) is 47.6 Å². The van der Waals surface area contributed by atoms with Crippen molar-refractivity contribution in [3.63, 3.8) is 0 Å². The van der Waals surface area contributed by atoms with Crippen LogP contribution >= 0.6 is 11.6 Å². The van der Waals surface area contributed by atoms with E-state index in [-0.39, 0.29) is 19.0 Å². The summed E-state index contributed by atoms with van der Waals surface area (Å²) < 4.78 is 10.1. The molecule has 0 aliphatic heterocycles. The van der Waals surface area contributed by atoms with Crippen LogP contribution in [0.5, 0.6) is 0 Å². The second kappa shape index (κ2) is 8.49.